The van der Waals surface area contributed by atoms with E-state index >= 15 is 0 Å². The van der Waals surface area contributed by atoms with Crippen molar-refractivity contribution in [2.45, 2.75) is 82.2 Å². The Morgan fingerprint density at radius 2 is 2.19 bits per heavy atom. The Kier molecular flexibility index (Phi) is 9.23. The molecule has 26 heavy (non-hydrogen) atoms. The second-order valence-corrected chi connectivity index (χ2v) is 8.86. The van der Waals surface area contributed by atoms with Crippen LogP contribution in [0.5, 0.6) is 0 Å². The van der Waals surface area contributed by atoms with Crippen LogP contribution in [0.15, 0.2) is 23.1 Å². The Labute approximate surface area is 162 Å². The van der Waals surface area contributed by atoms with Crippen molar-refractivity contribution in [3.05, 3.63) is 23.1 Å². The fourth-order valence-electron chi connectivity index (χ4n) is 3.95. The molecule has 2 rings (SSSR count). The summed E-state index contributed by atoms with van der Waals surface area (Å²) in [6.07, 6.45) is 13.7. The second kappa shape index (κ2) is 11.2. The van der Waals surface area contributed by atoms with Crippen LogP contribution in [0.1, 0.15) is 64.7 Å². The van der Waals surface area contributed by atoms with E-state index in [4.69, 9.17) is 0 Å². The molecule has 0 bridgehead atoms. The van der Waals surface area contributed by atoms with E-state index in [-0.39, 0.29) is 18.0 Å². The fourth-order valence-corrected chi connectivity index (χ4v) is 5.59. The van der Waals surface area contributed by atoms with Gasteiger partial charge in [0.2, 0.25) is 0 Å². The van der Waals surface area contributed by atoms with Gasteiger partial charge in [-0.15, -0.1) is 11.8 Å². The number of aliphatic hydroxyl groups is 2. The first-order valence-electron chi connectivity index (χ1n) is 10.0. The monoisotopic (exact) mass is 382 g/mol. The number of carbonyl (C=O) groups excluding carboxylic acids is 1. The van der Waals surface area contributed by atoms with Crippen molar-refractivity contribution < 1.29 is 19.7 Å². The van der Waals surface area contributed by atoms with Gasteiger partial charge in [-0.1, -0.05) is 44.4 Å². The summed E-state index contributed by atoms with van der Waals surface area (Å²) in [5, 5.41) is 21.0. The smallest absolute Gasteiger partial charge is 0.305 e. The standard InChI is InChI=1S/C21H34O4S/c1-3-4-5-8-15(22)11-12-17-18-13-16(26-20(18)14-19(17)23)9-6-7-10-21(24)25-2/h9,11-12,15,17-20,22-23H,3-8,10,13-14H2,1-2H3/b12-11+,16-9-/t15-,17+,18+,19+,20+/m0/s1. The van der Waals surface area contributed by atoms with E-state index in [1.807, 2.05) is 17.8 Å². The summed E-state index contributed by atoms with van der Waals surface area (Å²) in [6.45, 7) is 2.16. The summed E-state index contributed by atoms with van der Waals surface area (Å²) in [5.41, 5.74) is 0. The van der Waals surface area contributed by atoms with E-state index in [0.29, 0.717) is 17.6 Å². The highest BCUT2D eigenvalue weighted by Gasteiger charge is 2.45. The van der Waals surface area contributed by atoms with Crippen LogP contribution in [0, 0.1) is 11.8 Å². The van der Waals surface area contributed by atoms with Gasteiger partial charge >= 0.3 is 5.97 Å². The minimum Gasteiger partial charge on any atom is -0.469 e. The third-order valence-electron chi connectivity index (χ3n) is 5.47. The third kappa shape index (κ3) is 6.43. The molecule has 1 saturated carbocycles. The Hall–Kier alpha value is -0.780. The molecule has 0 aromatic heterocycles. The molecule has 1 aliphatic heterocycles. The quantitative estimate of drug-likeness (QED) is 0.336. The molecule has 4 nitrogen and oxygen atoms in total. The predicted molar refractivity (Wildman–Crippen MR) is 107 cm³/mol. The topological polar surface area (TPSA) is 66.8 Å². The first kappa shape index (κ1) is 21.5. The Bertz CT molecular complexity index is 502. The lowest BCUT2D eigenvalue weighted by Gasteiger charge is -2.17. The number of fused-ring (bicyclic) bond motifs is 1. The average Bonchev–Trinajstić information content (AvgIpc) is 3.13. The van der Waals surface area contributed by atoms with Crippen LogP contribution in [-0.2, 0) is 9.53 Å². The average molecular weight is 383 g/mol. The van der Waals surface area contributed by atoms with Crippen LogP contribution < -0.4 is 0 Å². The lowest BCUT2D eigenvalue weighted by molar-refractivity contribution is -0.140. The van der Waals surface area contributed by atoms with Gasteiger partial charge < -0.3 is 14.9 Å². The number of carbonyl (C=O) groups is 1. The number of unbranched alkanes of at least 4 members (excludes halogenated alkanes) is 3. The van der Waals surface area contributed by atoms with Gasteiger partial charge in [0.15, 0.2) is 0 Å². The van der Waals surface area contributed by atoms with Crippen LogP contribution in [0.3, 0.4) is 0 Å². The van der Waals surface area contributed by atoms with Gasteiger partial charge in [0.25, 0.3) is 0 Å². The number of aliphatic hydroxyl groups excluding tert-OH is 2. The zero-order valence-corrected chi connectivity index (χ0v) is 16.9. The van der Waals surface area contributed by atoms with Crippen LogP contribution in [0.25, 0.3) is 0 Å². The molecular formula is C21H34O4S. The summed E-state index contributed by atoms with van der Waals surface area (Å²) in [7, 11) is 1.43. The maximum atomic E-state index is 11.2. The maximum Gasteiger partial charge on any atom is 0.305 e. The zero-order chi connectivity index (χ0) is 18.9. The van der Waals surface area contributed by atoms with Gasteiger partial charge in [0.05, 0.1) is 19.3 Å². The maximum absolute atomic E-state index is 11.2. The van der Waals surface area contributed by atoms with Gasteiger partial charge in [-0.2, -0.15) is 0 Å². The van der Waals surface area contributed by atoms with E-state index in [1.165, 1.54) is 12.0 Å². The Morgan fingerprint density at radius 1 is 1.38 bits per heavy atom. The van der Waals surface area contributed by atoms with Crippen molar-refractivity contribution in [3.8, 4) is 0 Å². The molecule has 1 aliphatic carbocycles. The zero-order valence-electron chi connectivity index (χ0n) is 16.1. The molecule has 0 amide bonds. The molecular weight excluding hydrogens is 348 g/mol. The Morgan fingerprint density at radius 3 is 2.92 bits per heavy atom. The number of ether oxygens (including phenoxy) is 1. The first-order chi connectivity index (χ1) is 12.5. The summed E-state index contributed by atoms with van der Waals surface area (Å²) in [6, 6.07) is 0. The molecule has 0 unspecified atom stereocenters. The first-order valence-corrected chi connectivity index (χ1v) is 10.9. The number of hydrogen-bond acceptors (Lipinski definition) is 5. The number of thioether (sulfide) groups is 1. The number of esters is 1. The van der Waals surface area contributed by atoms with Gasteiger partial charge in [0, 0.05) is 17.6 Å². The fraction of sp³-hybridized carbons (Fsp3) is 0.762. The number of rotatable bonds is 10. The molecule has 0 aromatic rings. The molecule has 1 heterocycles. The van der Waals surface area contributed by atoms with Gasteiger partial charge in [0.1, 0.15) is 0 Å². The summed E-state index contributed by atoms with van der Waals surface area (Å²) < 4.78 is 4.67. The molecule has 0 spiro atoms. The van der Waals surface area contributed by atoms with E-state index in [1.54, 1.807) is 0 Å². The van der Waals surface area contributed by atoms with E-state index in [2.05, 4.69) is 23.8 Å². The lowest BCUT2D eigenvalue weighted by Crippen LogP contribution is -2.17. The van der Waals surface area contributed by atoms with Crippen LogP contribution in [-0.4, -0.2) is 40.8 Å². The normalized spacial score (nSPS) is 30.8. The van der Waals surface area contributed by atoms with Crippen LogP contribution in [0.4, 0.5) is 0 Å². The second-order valence-electron chi connectivity index (χ2n) is 7.49. The highest BCUT2D eigenvalue weighted by molar-refractivity contribution is 8.04. The number of hydrogen-bond donors (Lipinski definition) is 2. The molecule has 5 heteroatoms. The highest BCUT2D eigenvalue weighted by atomic mass is 32.2. The molecule has 2 fully saturated rings. The lowest BCUT2D eigenvalue weighted by atomic mass is 9.90. The molecule has 0 aromatic carbocycles. The van der Waals surface area contributed by atoms with Crippen molar-refractivity contribution in [2.24, 2.45) is 11.8 Å². The molecule has 1 saturated heterocycles. The van der Waals surface area contributed by atoms with Gasteiger partial charge in [-0.3, -0.25) is 4.79 Å². The molecule has 2 aliphatic rings. The number of allylic oxidation sites excluding steroid dienone is 2. The van der Waals surface area contributed by atoms with Crippen molar-refractivity contribution in [1.82, 2.24) is 0 Å². The molecule has 0 radical (unpaired) electrons. The molecule has 5 atom stereocenters. The summed E-state index contributed by atoms with van der Waals surface area (Å²) >= 11 is 1.89. The summed E-state index contributed by atoms with van der Waals surface area (Å²) in [4.78, 5) is 12.5. The number of methoxy groups -OCH3 is 1. The van der Waals surface area contributed by atoms with Crippen LogP contribution in [0.2, 0.25) is 0 Å². The van der Waals surface area contributed by atoms with E-state index in [9.17, 15) is 15.0 Å². The van der Waals surface area contributed by atoms with Gasteiger partial charge in [-0.05, 0) is 42.9 Å². The minimum atomic E-state index is -0.393. The van der Waals surface area contributed by atoms with Crippen LogP contribution >= 0.6 is 11.8 Å². The van der Waals surface area contributed by atoms with Crippen molar-refractivity contribution >= 4 is 17.7 Å². The summed E-state index contributed by atoms with van der Waals surface area (Å²) in [5.74, 6) is 0.459. The van der Waals surface area contributed by atoms with E-state index in [0.717, 1.165) is 51.4 Å². The predicted octanol–water partition coefficient (Wildman–Crippen LogP) is 4.21. The van der Waals surface area contributed by atoms with E-state index < -0.39 is 6.10 Å². The minimum absolute atomic E-state index is 0.147. The van der Waals surface area contributed by atoms with Crippen molar-refractivity contribution in [2.75, 3.05) is 7.11 Å². The largest absolute Gasteiger partial charge is 0.469 e. The molecule has 148 valence electrons. The Balaban J connectivity index is 1.81. The third-order valence-corrected chi connectivity index (χ3v) is 6.95. The van der Waals surface area contributed by atoms with Gasteiger partial charge in [-0.25, -0.2) is 0 Å². The molecule has 2 N–H and O–H groups in total. The van der Waals surface area contributed by atoms with Crippen molar-refractivity contribution in [1.29, 1.82) is 0 Å². The SMILES string of the molecule is CCCCC[C@H](O)/C=C/[C@@H]1[C@H]2C/C(=C/CCCC(=O)OC)S[C@@H]2C[C@H]1O. The highest BCUT2D eigenvalue weighted by Crippen LogP contribution is 2.53. The van der Waals surface area contributed by atoms with Crippen molar-refractivity contribution in [3.63, 3.8) is 0 Å².